The summed E-state index contributed by atoms with van der Waals surface area (Å²) in [6.45, 7) is 6.93. The van der Waals surface area contributed by atoms with E-state index < -0.39 is 0 Å². The van der Waals surface area contributed by atoms with E-state index in [9.17, 15) is 0 Å². The summed E-state index contributed by atoms with van der Waals surface area (Å²) in [6.07, 6.45) is 4.13. The summed E-state index contributed by atoms with van der Waals surface area (Å²) in [4.78, 5) is 0. The van der Waals surface area contributed by atoms with Crippen molar-refractivity contribution >= 4 is 5.71 Å². The third-order valence-corrected chi connectivity index (χ3v) is 1.06. The van der Waals surface area contributed by atoms with Gasteiger partial charge >= 0.3 is 0 Å². The summed E-state index contributed by atoms with van der Waals surface area (Å²) in [6, 6.07) is 0. The van der Waals surface area contributed by atoms with Gasteiger partial charge in [0.2, 0.25) is 0 Å². The molecule has 0 aromatic heterocycles. The maximum Gasteiger partial charge on any atom is 0.0572 e. The summed E-state index contributed by atoms with van der Waals surface area (Å²) in [5.41, 5.74) is 1.08. The first-order valence-corrected chi connectivity index (χ1v) is 3.72. The zero-order valence-corrected chi connectivity index (χ0v) is 7.26. The minimum atomic E-state index is 0.942. The molecule has 0 aromatic carbocycles. The van der Waals surface area contributed by atoms with E-state index in [1.165, 1.54) is 0 Å². The fourth-order valence-corrected chi connectivity index (χ4v) is 0.719. The molecule has 1 aliphatic heterocycles. The minimum Gasteiger partial charge on any atom is -0.296 e. The Bertz CT molecular complexity index is 136. The van der Waals surface area contributed by atoms with Crippen molar-refractivity contribution in [3.63, 3.8) is 0 Å². The molecular weight excluding hydrogens is 124 g/mol. The number of rotatable bonds is 0. The van der Waals surface area contributed by atoms with Crippen molar-refractivity contribution in [1.82, 2.24) is 5.01 Å². The van der Waals surface area contributed by atoms with E-state index in [4.69, 9.17) is 0 Å². The van der Waals surface area contributed by atoms with Gasteiger partial charge in [0.15, 0.2) is 0 Å². The highest BCUT2D eigenvalue weighted by Crippen LogP contribution is 1.94. The van der Waals surface area contributed by atoms with Gasteiger partial charge in [0, 0.05) is 7.05 Å². The van der Waals surface area contributed by atoms with E-state index in [2.05, 4.69) is 11.2 Å². The van der Waals surface area contributed by atoms with Crippen LogP contribution in [0.1, 0.15) is 20.8 Å². The first-order chi connectivity index (χ1) is 4.79. The van der Waals surface area contributed by atoms with Crippen LogP contribution in [0.15, 0.2) is 17.3 Å². The first kappa shape index (κ1) is 9.21. The normalized spacial score (nSPS) is 15.6. The van der Waals surface area contributed by atoms with Gasteiger partial charge in [0.25, 0.3) is 0 Å². The molecule has 0 aliphatic carbocycles. The molecule has 0 radical (unpaired) electrons. The van der Waals surface area contributed by atoms with Gasteiger partial charge in [0.05, 0.1) is 12.3 Å². The maximum atomic E-state index is 4.15. The lowest BCUT2D eigenvalue weighted by atomic mass is 10.3. The fraction of sp³-hybridized carbons (Fsp3) is 0.625. The van der Waals surface area contributed by atoms with Crippen molar-refractivity contribution < 1.29 is 0 Å². The third-order valence-electron chi connectivity index (χ3n) is 1.06. The second-order valence-electron chi connectivity index (χ2n) is 1.98. The molecule has 2 nitrogen and oxygen atoms in total. The summed E-state index contributed by atoms with van der Waals surface area (Å²) in [5, 5.41) is 6.06. The number of likely N-dealkylation sites (N-methyl/N-ethyl adjacent to an activating group) is 1. The quantitative estimate of drug-likeness (QED) is 0.501. The average Bonchev–Trinajstić information content (AvgIpc) is 1.91. The van der Waals surface area contributed by atoms with Gasteiger partial charge in [0.1, 0.15) is 0 Å². The Morgan fingerprint density at radius 2 is 2.10 bits per heavy atom. The lowest BCUT2D eigenvalue weighted by Crippen LogP contribution is -2.15. The van der Waals surface area contributed by atoms with Crippen molar-refractivity contribution in [3.8, 4) is 0 Å². The molecule has 0 N–H and O–H groups in total. The van der Waals surface area contributed by atoms with Crippen LogP contribution in [0, 0.1) is 0 Å². The Morgan fingerprint density at radius 3 is 2.40 bits per heavy atom. The smallest absolute Gasteiger partial charge is 0.0572 e. The Kier molecular flexibility index (Phi) is 4.63. The van der Waals surface area contributed by atoms with Gasteiger partial charge in [-0.1, -0.05) is 19.9 Å². The molecule has 10 heavy (non-hydrogen) atoms. The van der Waals surface area contributed by atoms with Crippen LogP contribution in [0.2, 0.25) is 0 Å². The van der Waals surface area contributed by atoms with Gasteiger partial charge in [-0.2, -0.15) is 5.10 Å². The highest BCUT2D eigenvalue weighted by molar-refractivity contribution is 5.92. The molecule has 0 fully saturated rings. The molecule has 0 saturated heterocycles. The molecule has 0 bridgehead atoms. The Labute approximate surface area is 63.2 Å². The van der Waals surface area contributed by atoms with E-state index in [-0.39, 0.29) is 0 Å². The van der Waals surface area contributed by atoms with Crippen LogP contribution in [0.4, 0.5) is 0 Å². The predicted molar refractivity (Wildman–Crippen MR) is 46.2 cm³/mol. The van der Waals surface area contributed by atoms with Crippen molar-refractivity contribution in [2.45, 2.75) is 20.8 Å². The molecule has 0 amide bonds. The molecule has 0 atom stereocenters. The Morgan fingerprint density at radius 1 is 1.50 bits per heavy atom. The first-order valence-electron chi connectivity index (χ1n) is 3.72. The van der Waals surface area contributed by atoms with Crippen LogP contribution < -0.4 is 0 Å². The van der Waals surface area contributed by atoms with E-state index in [0.29, 0.717) is 0 Å². The van der Waals surface area contributed by atoms with Crippen molar-refractivity contribution in [1.29, 1.82) is 0 Å². The maximum absolute atomic E-state index is 4.15. The summed E-state index contributed by atoms with van der Waals surface area (Å²) in [5.74, 6) is 0. The summed E-state index contributed by atoms with van der Waals surface area (Å²) >= 11 is 0. The molecule has 0 unspecified atom stereocenters. The molecule has 0 aromatic rings. The SMILES string of the molecule is CC.CC1=NN(C)CC=C1. The average molecular weight is 140 g/mol. The van der Waals surface area contributed by atoms with Crippen LogP contribution in [0.25, 0.3) is 0 Å². The Balaban J connectivity index is 0.000000371. The zero-order chi connectivity index (χ0) is 7.98. The lowest BCUT2D eigenvalue weighted by molar-refractivity contribution is 0.391. The van der Waals surface area contributed by atoms with Gasteiger partial charge in [-0.25, -0.2) is 0 Å². The number of hydrogen-bond donors (Lipinski definition) is 0. The molecule has 2 heteroatoms. The van der Waals surface area contributed by atoms with Gasteiger partial charge < -0.3 is 0 Å². The number of hydrazone groups is 1. The highest BCUT2D eigenvalue weighted by atomic mass is 15.4. The van der Waals surface area contributed by atoms with Crippen molar-refractivity contribution in [2.75, 3.05) is 13.6 Å². The molecule has 0 saturated carbocycles. The minimum absolute atomic E-state index is 0.942. The number of allylic oxidation sites excluding steroid dienone is 1. The van der Waals surface area contributed by atoms with E-state index in [1.807, 2.05) is 38.9 Å². The van der Waals surface area contributed by atoms with Gasteiger partial charge in [-0.05, 0) is 13.0 Å². The largest absolute Gasteiger partial charge is 0.296 e. The monoisotopic (exact) mass is 140 g/mol. The van der Waals surface area contributed by atoms with E-state index in [1.54, 1.807) is 0 Å². The second kappa shape index (κ2) is 5.03. The predicted octanol–water partition coefficient (Wildman–Crippen LogP) is 1.89. The summed E-state index contributed by atoms with van der Waals surface area (Å²) in [7, 11) is 1.97. The third kappa shape index (κ3) is 3.28. The molecule has 1 aliphatic rings. The number of hydrogen-bond acceptors (Lipinski definition) is 2. The van der Waals surface area contributed by atoms with Crippen molar-refractivity contribution in [3.05, 3.63) is 12.2 Å². The molecule has 1 rings (SSSR count). The number of nitrogens with zero attached hydrogens (tertiary/aromatic N) is 2. The van der Waals surface area contributed by atoms with Crippen LogP contribution in [0.5, 0.6) is 0 Å². The van der Waals surface area contributed by atoms with E-state index >= 15 is 0 Å². The Hall–Kier alpha value is -0.790. The fourth-order valence-electron chi connectivity index (χ4n) is 0.719. The van der Waals surface area contributed by atoms with Gasteiger partial charge in [-0.3, -0.25) is 5.01 Å². The highest BCUT2D eigenvalue weighted by Gasteiger charge is 1.94. The lowest BCUT2D eigenvalue weighted by Gasteiger charge is -2.13. The molecule has 0 spiro atoms. The standard InChI is InChI=1S/C6H10N2.C2H6/c1-6-4-3-5-8(2)7-6;1-2/h3-4H,5H2,1-2H3;1-2H3. The molecular formula is C8H16N2. The topological polar surface area (TPSA) is 15.6 Å². The zero-order valence-electron chi connectivity index (χ0n) is 7.26. The second-order valence-corrected chi connectivity index (χ2v) is 1.98. The van der Waals surface area contributed by atoms with Crippen LogP contribution in [-0.4, -0.2) is 24.3 Å². The van der Waals surface area contributed by atoms with Crippen LogP contribution in [0.3, 0.4) is 0 Å². The summed E-state index contributed by atoms with van der Waals surface area (Å²) < 4.78 is 0. The molecule has 58 valence electrons. The van der Waals surface area contributed by atoms with Crippen LogP contribution >= 0.6 is 0 Å². The molecule has 1 heterocycles. The van der Waals surface area contributed by atoms with E-state index in [0.717, 1.165) is 12.3 Å². The van der Waals surface area contributed by atoms with Crippen molar-refractivity contribution in [2.24, 2.45) is 5.10 Å². The van der Waals surface area contributed by atoms with Gasteiger partial charge in [-0.15, -0.1) is 0 Å². The van der Waals surface area contributed by atoms with Crippen LogP contribution in [-0.2, 0) is 0 Å².